The van der Waals surface area contributed by atoms with Crippen LogP contribution in [0.2, 0.25) is 0 Å². The van der Waals surface area contributed by atoms with Gasteiger partial charge < -0.3 is 5.73 Å². The molecule has 3 N–H and O–H groups in total. The Balaban J connectivity index is 2.39. The fourth-order valence-corrected chi connectivity index (χ4v) is 1.94. The summed E-state index contributed by atoms with van der Waals surface area (Å²) >= 11 is 4.65. The summed E-state index contributed by atoms with van der Waals surface area (Å²) in [4.78, 5) is 10.5. The van der Waals surface area contributed by atoms with Gasteiger partial charge in [0.15, 0.2) is 5.11 Å². The Morgan fingerprint density at radius 2 is 2.29 bits per heavy atom. The van der Waals surface area contributed by atoms with Crippen LogP contribution in [0, 0.1) is 10.1 Å². The molecule has 0 spiro atoms. The third-order valence-electron chi connectivity index (χ3n) is 2.57. The maximum absolute atomic E-state index is 10.8. The van der Waals surface area contributed by atoms with E-state index in [1.54, 1.807) is 6.07 Å². The van der Waals surface area contributed by atoms with Crippen LogP contribution >= 0.6 is 12.2 Å². The van der Waals surface area contributed by atoms with Crippen molar-refractivity contribution >= 4 is 28.7 Å². The summed E-state index contributed by atoms with van der Waals surface area (Å²) in [5.74, 6) is 0. The predicted octanol–water partition coefficient (Wildman–Crippen LogP) is 1.08. The van der Waals surface area contributed by atoms with E-state index in [0.717, 1.165) is 16.8 Å². The van der Waals surface area contributed by atoms with E-state index >= 15 is 0 Å². The molecule has 1 aliphatic rings. The first-order valence-corrected chi connectivity index (χ1v) is 5.39. The van der Waals surface area contributed by atoms with E-state index in [2.05, 4.69) is 22.7 Å². The van der Waals surface area contributed by atoms with Crippen LogP contribution < -0.4 is 11.2 Å². The van der Waals surface area contributed by atoms with Gasteiger partial charge in [-0.3, -0.25) is 15.5 Å². The van der Waals surface area contributed by atoms with Gasteiger partial charge in [0.05, 0.1) is 10.6 Å². The molecule has 0 aliphatic heterocycles. The first kappa shape index (κ1) is 11.5. The van der Waals surface area contributed by atoms with Gasteiger partial charge in [-0.2, -0.15) is 5.10 Å². The van der Waals surface area contributed by atoms with Crippen molar-refractivity contribution < 1.29 is 4.92 Å². The standard InChI is InChI=1S/C10H10N4O2S/c11-10(17)13-12-8-5-4-7-6(8)2-1-3-9(7)14(15)16/h1-3H,4-5H2,(H3,11,13,17)/b12-8+. The van der Waals surface area contributed by atoms with Gasteiger partial charge in [0.25, 0.3) is 5.69 Å². The van der Waals surface area contributed by atoms with E-state index in [1.165, 1.54) is 6.07 Å². The van der Waals surface area contributed by atoms with Crippen LogP contribution in [0.1, 0.15) is 17.5 Å². The van der Waals surface area contributed by atoms with E-state index in [-0.39, 0.29) is 15.7 Å². The monoisotopic (exact) mass is 250 g/mol. The fourth-order valence-electron chi connectivity index (χ4n) is 1.90. The van der Waals surface area contributed by atoms with E-state index in [9.17, 15) is 10.1 Å². The number of rotatable bonds is 2. The number of nitrogens with two attached hydrogens (primary N) is 1. The molecule has 1 aromatic carbocycles. The number of thiocarbonyl (C=S) groups is 1. The fraction of sp³-hybridized carbons (Fsp3) is 0.200. The zero-order valence-corrected chi connectivity index (χ0v) is 9.66. The molecular weight excluding hydrogens is 240 g/mol. The van der Waals surface area contributed by atoms with Gasteiger partial charge in [-0.15, -0.1) is 0 Å². The molecule has 0 radical (unpaired) electrons. The number of benzene rings is 1. The quantitative estimate of drug-likeness (QED) is 0.465. The topological polar surface area (TPSA) is 93.5 Å². The molecule has 0 atom stereocenters. The lowest BCUT2D eigenvalue weighted by atomic mass is 10.1. The molecule has 0 bridgehead atoms. The average molecular weight is 250 g/mol. The van der Waals surface area contributed by atoms with Crippen LogP contribution in [0.25, 0.3) is 0 Å². The number of fused-ring (bicyclic) bond motifs is 1. The summed E-state index contributed by atoms with van der Waals surface area (Å²) in [6.45, 7) is 0. The Labute approximate surface area is 103 Å². The normalized spacial score (nSPS) is 15.6. The molecule has 0 fully saturated rings. The number of hydrazone groups is 1. The molecule has 17 heavy (non-hydrogen) atoms. The van der Waals surface area contributed by atoms with E-state index in [0.29, 0.717) is 12.8 Å². The van der Waals surface area contributed by atoms with Gasteiger partial charge in [-0.1, -0.05) is 12.1 Å². The second kappa shape index (κ2) is 4.46. The smallest absolute Gasteiger partial charge is 0.273 e. The van der Waals surface area contributed by atoms with Crippen molar-refractivity contribution in [2.24, 2.45) is 10.8 Å². The predicted molar refractivity (Wildman–Crippen MR) is 67.9 cm³/mol. The Morgan fingerprint density at radius 3 is 2.94 bits per heavy atom. The maximum atomic E-state index is 10.8. The molecule has 0 unspecified atom stereocenters. The van der Waals surface area contributed by atoms with Crippen molar-refractivity contribution in [3.63, 3.8) is 0 Å². The highest BCUT2D eigenvalue weighted by molar-refractivity contribution is 7.80. The molecule has 2 rings (SSSR count). The summed E-state index contributed by atoms with van der Waals surface area (Å²) < 4.78 is 0. The van der Waals surface area contributed by atoms with Crippen LogP contribution in [-0.4, -0.2) is 15.7 Å². The van der Waals surface area contributed by atoms with Gasteiger partial charge in [0.2, 0.25) is 0 Å². The number of nitro benzene ring substituents is 1. The second-order valence-electron chi connectivity index (χ2n) is 3.59. The van der Waals surface area contributed by atoms with Crippen LogP contribution in [0.3, 0.4) is 0 Å². The molecule has 0 amide bonds. The Bertz CT molecular complexity index is 527. The molecule has 1 aliphatic carbocycles. The summed E-state index contributed by atoms with van der Waals surface area (Å²) in [7, 11) is 0. The van der Waals surface area contributed by atoms with Crippen LogP contribution in [0.15, 0.2) is 23.3 Å². The zero-order valence-electron chi connectivity index (χ0n) is 8.84. The lowest BCUT2D eigenvalue weighted by molar-refractivity contribution is -0.385. The summed E-state index contributed by atoms with van der Waals surface area (Å²) in [5, 5.41) is 15.0. The van der Waals surface area contributed by atoms with Gasteiger partial charge in [0.1, 0.15) is 0 Å². The molecule has 7 heteroatoms. The highest BCUT2D eigenvalue weighted by Crippen LogP contribution is 2.30. The van der Waals surface area contributed by atoms with Gasteiger partial charge in [-0.05, 0) is 25.1 Å². The van der Waals surface area contributed by atoms with E-state index < -0.39 is 0 Å². The number of nitrogens with one attached hydrogen (secondary N) is 1. The number of hydrogen-bond acceptors (Lipinski definition) is 4. The Morgan fingerprint density at radius 1 is 1.53 bits per heavy atom. The number of nitrogens with zero attached hydrogens (tertiary/aromatic N) is 2. The third kappa shape index (κ3) is 2.23. The van der Waals surface area contributed by atoms with Crippen LogP contribution in [0.4, 0.5) is 5.69 Å². The zero-order chi connectivity index (χ0) is 12.4. The van der Waals surface area contributed by atoms with Crippen molar-refractivity contribution in [3.8, 4) is 0 Å². The lowest BCUT2D eigenvalue weighted by Crippen LogP contribution is -2.25. The molecule has 0 saturated heterocycles. The highest BCUT2D eigenvalue weighted by atomic mass is 32.1. The van der Waals surface area contributed by atoms with Gasteiger partial charge >= 0.3 is 0 Å². The maximum Gasteiger partial charge on any atom is 0.273 e. The summed E-state index contributed by atoms with van der Waals surface area (Å²) in [6.07, 6.45) is 1.26. The number of nitro groups is 1. The molecule has 1 aromatic rings. The number of hydrogen-bond donors (Lipinski definition) is 2. The molecule has 6 nitrogen and oxygen atoms in total. The Hall–Kier alpha value is -2.02. The summed E-state index contributed by atoms with van der Waals surface area (Å²) in [6, 6.07) is 4.97. The largest absolute Gasteiger partial charge is 0.375 e. The third-order valence-corrected chi connectivity index (χ3v) is 2.66. The van der Waals surface area contributed by atoms with E-state index in [4.69, 9.17) is 5.73 Å². The molecule has 0 heterocycles. The van der Waals surface area contributed by atoms with E-state index in [1.807, 2.05) is 6.07 Å². The van der Waals surface area contributed by atoms with Crippen LogP contribution in [0.5, 0.6) is 0 Å². The minimum Gasteiger partial charge on any atom is -0.375 e. The van der Waals surface area contributed by atoms with Crippen LogP contribution in [-0.2, 0) is 6.42 Å². The van der Waals surface area contributed by atoms with Crippen molar-refractivity contribution in [1.82, 2.24) is 5.43 Å². The average Bonchev–Trinajstić information content (AvgIpc) is 2.68. The SMILES string of the molecule is NC(=S)N/N=C1\CCc2c1cccc2[N+](=O)[O-]. The molecule has 0 saturated carbocycles. The molecule has 88 valence electrons. The molecule has 0 aromatic heterocycles. The summed E-state index contributed by atoms with van der Waals surface area (Å²) in [5.41, 5.74) is 10.2. The Kier molecular flexibility index (Phi) is 3.01. The second-order valence-corrected chi connectivity index (χ2v) is 4.03. The first-order valence-electron chi connectivity index (χ1n) is 4.98. The van der Waals surface area contributed by atoms with Crippen molar-refractivity contribution in [3.05, 3.63) is 39.4 Å². The minimum atomic E-state index is -0.372. The van der Waals surface area contributed by atoms with Gasteiger partial charge in [0, 0.05) is 17.2 Å². The highest BCUT2D eigenvalue weighted by Gasteiger charge is 2.25. The van der Waals surface area contributed by atoms with Crippen molar-refractivity contribution in [2.45, 2.75) is 12.8 Å². The van der Waals surface area contributed by atoms with Gasteiger partial charge in [-0.25, -0.2) is 0 Å². The van der Waals surface area contributed by atoms with Crippen molar-refractivity contribution in [2.75, 3.05) is 0 Å². The lowest BCUT2D eigenvalue weighted by Gasteiger charge is -2.01. The molecular formula is C10H10N4O2S. The first-order chi connectivity index (χ1) is 8.09. The minimum absolute atomic E-state index is 0.0800. The van der Waals surface area contributed by atoms with Crippen molar-refractivity contribution in [1.29, 1.82) is 0 Å².